The number of hydrogen-bond acceptors (Lipinski definition) is 2. The summed E-state index contributed by atoms with van der Waals surface area (Å²) in [4.78, 5) is 0. The van der Waals surface area contributed by atoms with Crippen LogP contribution < -0.4 is 5.73 Å². The molecule has 2 heteroatoms. The van der Waals surface area contributed by atoms with Crippen LogP contribution in [0.15, 0.2) is 0 Å². The predicted octanol–water partition coefficient (Wildman–Crippen LogP) is 1.78. The fourth-order valence-corrected chi connectivity index (χ4v) is 0.758. The highest BCUT2D eigenvalue weighted by molar-refractivity contribution is 4.76. The maximum Gasteiger partial charge on any atom is 0.0613 e. The summed E-state index contributed by atoms with van der Waals surface area (Å²) >= 11 is 0. The van der Waals surface area contributed by atoms with E-state index in [-0.39, 0.29) is 17.6 Å². The lowest BCUT2D eigenvalue weighted by atomic mass is 9.87. The minimum Gasteiger partial charge on any atom is -0.375 e. The first-order chi connectivity index (χ1) is 4.90. The Balaban J connectivity index is 3.90. The van der Waals surface area contributed by atoms with Gasteiger partial charge in [0.2, 0.25) is 0 Å². The van der Waals surface area contributed by atoms with Crippen molar-refractivity contribution in [2.24, 2.45) is 11.1 Å². The van der Waals surface area contributed by atoms with E-state index in [1.165, 1.54) is 0 Å². The van der Waals surface area contributed by atoms with Gasteiger partial charge in [0.25, 0.3) is 0 Å². The summed E-state index contributed by atoms with van der Waals surface area (Å²) in [6, 6.07) is 0. The van der Waals surface area contributed by atoms with E-state index in [2.05, 4.69) is 20.8 Å². The van der Waals surface area contributed by atoms with E-state index in [0.717, 1.165) is 0 Å². The van der Waals surface area contributed by atoms with Gasteiger partial charge in [-0.3, -0.25) is 0 Å². The van der Waals surface area contributed by atoms with E-state index in [0.29, 0.717) is 6.54 Å². The number of hydrogen-bond donors (Lipinski definition) is 1. The quantitative estimate of drug-likeness (QED) is 0.678. The minimum absolute atomic E-state index is 0.0876. The summed E-state index contributed by atoms with van der Waals surface area (Å²) in [7, 11) is 0. The molecular weight excluding hydrogens is 138 g/mol. The van der Waals surface area contributed by atoms with Gasteiger partial charge in [-0.25, -0.2) is 0 Å². The highest BCUT2D eigenvalue weighted by Gasteiger charge is 2.25. The lowest BCUT2D eigenvalue weighted by Gasteiger charge is -2.31. The largest absolute Gasteiger partial charge is 0.375 e. The van der Waals surface area contributed by atoms with Gasteiger partial charge in [0.05, 0.1) is 12.2 Å². The van der Waals surface area contributed by atoms with Gasteiger partial charge in [0, 0.05) is 5.41 Å². The molecule has 1 unspecified atom stereocenters. The zero-order chi connectivity index (χ0) is 9.07. The molecule has 0 aliphatic carbocycles. The average molecular weight is 159 g/mol. The summed E-state index contributed by atoms with van der Waals surface area (Å²) in [5.41, 5.74) is 5.69. The SMILES string of the molecule is CC(C)OC(C)C(C)(C)CN. The molecule has 0 aliphatic heterocycles. The molecule has 0 saturated carbocycles. The van der Waals surface area contributed by atoms with Crippen LogP contribution in [0.1, 0.15) is 34.6 Å². The Morgan fingerprint density at radius 2 is 1.73 bits per heavy atom. The van der Waals surface area contributed by atoms with E-state index < -0.39 is 0 Å². The fraction of sp³-hybridized carbons (Fsp3) is 1.00. The van der Waals surface area contributed by atoms with Crippen LogP contribution in [-0.2, 0) is 4.74 Å². The molecule has 0 aromatic rings. The maximum absolute atomic E-state index is 5.63. The van der Waals surface area contributed by atoms with Crippen LogP contribution in [0.25, 0.3) is 0 Å². The molecule has 2 N–H and O–H groups in total. The molecule has 0 bridgehead atoms. The summed E-state index contributed by atoms with van der Waals surface area (Å²) in [5.74, 6) is 0. The third kappa shape index (κ3) is 3.73. The molecule has 1 atom stereocenters. The Morgan fingerprint density at radius 3 is 2.00 bits per heavy atom. The molecule has 0 saturated heterocycles. The highest BCUT2D eigenvalue weighted by atomic mass is 16.5. The molecular formula is C9H21NO. The van der Waals surface area contributed by atoms with Crippen molar-refractivity contribution >= 4 is 0 Å². The standard InChI is InChI=1S/C9H21NO/c1-7(2)11-8(3)9(4,5)6-10/h7-8H,6,10H2,1-5H3. The second kappa shape index (κ2) is 4.07. The highest BCUT2D eigenvalue weighted by Crippen LogP contribution is 2.22. The van der Waals surface area contributed by atoms with Crippen LogP contribution in [0.3, 0.4) is 0 Å². The molecule has 0 aromatic carbocycles. The van der Waals surface area contributed by atoms with E-state index in [1.807, 2.05) is 13.8 Å². The van der Waals surface area contributed by atoms with Crippen molar-refractivity contribution in [3.05, 3.63) is 0 Å². The van der Waals surface area contributed by atoms with E-state index >= 15 is 0 Å². The zero-order valence-corrected chi connectivity index (χ0v) is 8.35. The number of rotatable bonds is 4. The summed E-state index contributed by atoms with van der Waals surface area (Å²) in [5, 5.41) is 0. The second-order valence-electron chi connectivity index (χ2n) is 4.02. The van der Waals surface area contributed by atoms with E-state index in [1.54, 1.807) is 0 Å². The topological polar surface area (TPSA) is 35.2 Å². The van der Waals surface area contributed by atoms with Crippen molar-refractivity contribution in [1.82, 2.24) is 0 Å². The molecule has 0 aromatic heterocycles. The Hall–Kier alpha value is -0.0800. The Bertz CT molecular complexity index is 110. The van der Waals surface area contributed by atoms with Crippen molar-refractivity contribution in [2.45, 2.75) is 46.8 Å². The molecule has 0 spiro atoms. The van der Waals surface area contributed by atoms with Crippen molar-refractivity contribution in [2.75, 3.05) is 6.54 Å². The van der Waals surface area contributed by atoms with Gasteiger partial charge in [-0.15, -0.1) is 0 Å². The molecule has 2 nitrogen and oxygen atoms in total. The molecule has 0 fully saturated rings. The van der Waals surface area contributed by atoms with Crippen molar-refractivity contribution in [1.29, 1.82) is 0 Å². The van der Waals surface area contributed by atoms with Gasteiger partial charge < -0.3 is 10.5 Å². The zero-order valence-electron chi connectivity index (χ0n) is 8.35. The van der Waals surface area contributed by atoms with Crippen LogP contribution in [0.5, 0.6) is 0 Å². The van der Waals surface area contributed by atoms with Crippen molar-refractivity contribution in [3.63, 3.8) is 0 Å². The van der Waals surface area contributed by atoms with Crippen molar-refractivity contribution < 1.29 is 4.74 Å². The molecule has 68 valence electrons. The van der Waals surface area contributed by atoms with Gasteiger partial charge >= 0.3 is 0 Å². The Kier molecular flexibility index (Phi) is 4.04. The van der Waals surface area contributed by atoms with E-state index in [9.17, 15) is 0 Å². The number of nitrogens with two attached hydrogens (primary N) is 1. The van der Waals surface area contributed by atoms with Crippen LogP contribution >= 0.6 is 0 Å². The van der Waals surface area contributed by atoms with Gasteiger partial charge in [-0.1, -0.05) is 13.8 Å². The molecule has 0 aliphatic rings. The number of ether oxygens (including phenoxy) is 1. The van der Waals surface area contributed by atoms with Crippen LogP contribution in [0.4, 0.5) is 0 Å². The molecule has 0 amide bonds. The molecule has 0 rings (SSSR count). The normalized spacial score (nSPS) is 15.5. The second-order valence-corrected chi connectivity index (χ2v) is 4.02. The van der Waals surface area contributed by atoms with E-state index in [4.69, 9.17) is 10.5 Å². The minimum atomic E-state index is 0.0876. The monoisotopic (exact) mass is 159 g/mol. The maximum atomic E-state index is 5.63. The van der Waals surface area contributed by atoms with Gasteiger partial charge in [-0.05, 0) is 27.3 Å². The predicted molar refractivity (Wildman–Crippen MR) is 48.5 cm³/mol. The van der Waals surface area contributed by atoms with Crippen LogP contribution in [-0.4, -0.2) is 18.8 Å². The van der Waals surface area contributed by atoms with Gasteiger partial charge in [0.1, 0.15) is 0 Å². The fourth-order valence-electron chi connectivity index (χ4n) is 0.758. The summed E-state index contributed by atoms with van der Waals surface area (Å²) in [6.07, 6.45) is 0.517. The average Bonchev–Trinajstić information content (AvgIpc) is 1.86. The smallest absolute Gasteiger partial charge is 0.0613 e. The summed E-state index contributed by atoms with van der Waals surface area (Å²) < 4.78 is 5.63. The van der Waals surface area contributed by atoms with Crippen molar-refractivity contribution in [3.8, 4) is 0 Å². The first-order valence-corrected chi connectivity index (χ1v) is 4.25. The lowest BCUT2D eigenvalue weighted by molar-refractivity contribution is -0.0433. The third-order valence-corrected chi connectivity index (χ3v) is 2.10. The summed E-state index contributed by atoms with van der Waals surface area (Å²) in [6.45, 7) is 11.1. The van der Waals surface area contributed by atoms with Gasteiger partial charge in [0.15, 0.2) is 0 Å². The first kappa shape index (κ1) is 10.9. The van der Waals surface area contributed by atoms with Gasteiger partial charge in [-0.2, -0.15) is 0 Å². The van der Waals surface area contributed by atoms with Crippen LogP contribution in [0.2, 0.25) is 0 Å². The Labute approximate surface area is 70.1 Å². The molecule has 0 heterocycles. The lowest BCUT2D eigenvalue weighted by Crippen LogP contribution is -2.37. The third-order valence-electron chi connectivity index (χ3n) is 2.10. The molecule has 11 heavy (non-hydrogen) atoms. The first-order valence-electron chi connectivity index (χ1n) is 4.25. The molecule has 0 radical (unpaired) electrons. The Morgan fingerprint density at radius 1 is 1.27 bits per heavy atom. The van der Waals surface area contributed by atoms with Crippen LogP contribution in [0, 0.1) is 5.41 Å².